The molecule has 1 N–H and O–H groups in total. The minimum Gasteiger partial charge on any atom is -0.395 e. The van der Waals surface area contributed by atoms with Gasteiger partial charge in [0.2, 0.25) is 0 Å². The van der Waals surface area contributed by atoms with Gasteiger partial charge in [-0.2, -0.15) is 0 Å². The van der Waals surface area contributed by atoms with Crippen LogP contribution in [0.15, 0.2) is 0 Å². The minimum atomic E-state index is 0.173. The molecular formula is C10H21NO3. The van der Waals surface area contributed by atoms with Gasteiger partial charge in [-0.3, -0.25) is 4.90 Å². The molecule has 0 aromatic heterocycles. The first-order valence-corrected chi connectivity index (χ1v) is 5.38. The van der Waals surface area contributed by atoms with Crippen LogP contribution in [0.25, 0.3) is 0 Å². The Morgan fingerprint density at radius 2 is 1.64 bits per heavy atom. The molecule has 1 aliphatic rings. The number of rotatable bonds is 6. The van der Waals surface area contributed by atoms with Crippen molar-refractivity contribution in [2.75, 3.05) is 39.5 Å². The van der Waals surface area contributed by atoms with Crippen molar-refractivity contribution in [3.05, 3.63) is 0 Å². The molecule has 0 amide bonds. The summed E-state index contributed by atoms with van der Waals surface area (Å²) in [6.07, 6.45) is 0.345. The molecule has 0 aromatic carbocycles. The summed E-state index contributed by atoms with van der Waals surface area (Å²) < 4.78 is 11.2. The first kappa shape index (κ1) is 11.9. The predicted octanol–water partition coefficient (Wildman–Crippen LogP) is 0.104. The molecule has 0 aromatic rings. The Kier molecular flexibility index (Phi) is 5.40. The molecule has 84 valence electrons. The van der Waals surface area contributed by atoms with Crippen molar-refractivity contribution in [3.8, 4) is 0 Å². The summed E-state index contributed by atoms with van der Waals surface area (Å²) in [5.74, 6) is 0. The molecule has 4 heteroatoms. The maximum Gasteiger partial charge on any atom is 0.0975 e. The van der Waals surface area contributed by atoms with Gasteiger partial charge in [0.05, 0.1) is 18.8 Å². The number of hydrogen-bond donors (Lipinski definition) is 1. The van der Waals surface area contributed by atoms with Gasteiger partial charge in [-0.25, -0.2) is 0 Å². The SMILES string of the molecule is CCO[C@H]1CN(CCO)C[C@@H]1OCC. The maximum atomic E-state index is 8.84. The normalized spacial score (nSPS) is 28.5. The van der Waals surface area contributed by atoms with Crippen LogP contribution in [0.3, 0.4) is 0 Å². The van der Waals surface area contributed by atoms with E-state index in [1.165, 1.54) is 0 Å². The lowest BCUT2D eigenvalue weighted by atomic mass is 10.2. The zero-order valence-electron chi connectivity index (χ0n) is 9.11. The molecule has 0 aliphatic carbocycles. The molecule has 1 heterocycles. The molecule has 2 atom stereocenters. The van der Waals surface area contributed by atoms with E-state index in [1.807, 2.05) is 13.8 Å². The van der Waals surface area contributed by atoms with Crippen LogP contribution in [0, 0.1) is 0 Å². The van der Waals surface area contributed by atoms with Crippen LogP contribution >= 0.6 is 0 Å². The second-order valence-electron chi connectivity index (χ2n) is 3.47. The third-order valence-electron chi connectivity index (χ3n) is 2.47. The molecular weight excluding hydrogens is 182 g/mol. The highest BCUT2D eigenvalue weighted by atomic mass is 16.5. The molecule has 1 fully saturated rings. The van der Waals surface area contributed by atoms with Gasteiger partial charge in [0.1, 0.15) is 0 Å². The first-order valence-electron chi connectivity index (χ1n) is 5.38. The Morgan fingerprint density at radius 1 is 1.14 bits per heavy atom. The van der Waals surface area contributed by atoms with Crippen molar-refractivity contribution in [1.29, 1.82) is 0 Å². The average molecular weight is 203 g/mol. The summed E-state index contributed by atoms with van der Waals surface area (Å²) in [5.41, 5.74) is 0. The van der Waals surface area contributed by atoms with E-state index in [4.69, 9.17) is 14.6 Å². The number of aliphatic hydroxyl groups is 1. The van der Waals surface area contributed by atoms with Crippen LogP contribution in [0.4, 0.5) is 0 Å². The Balaban J connectivity index is 2.38. The summed E-state index contributed by atoms with van der Waals surface area (Å²) in [5, 5.41) is 8.84. The summed E-state index contributed by atoms with van der Waals surface area (Å²) in [6.45, 7) is 8.11. The number of aliphatic hydroxyl groups excluding tert-OH is 1. The van der Waals surface area contributed by atoms with E-state index in [2.05, 4.69) is 4.90 Å². The molecule has 0 unspecified atom stereocenters. The van der Waals surface area contributed by atoms with E-state index in [9.17, 15) is 0 Å². The number of nitrogens with zero attached hydrogens (tertiary/aromatic N) is 1. The molecule has 0 spiro atoms. The zero-order valence-corrected chi connectivity index (χ0v) is 9.11. The lowest BCUT2D eigenvalue weighted by Crippen LogP contribution is -2.29. The Hall–Kier alpha value is -0.160. The van der Waals surface area contributed by atoms with E-state index in [-0.39, 0.29) is 18.8 Å². The molecule has 0 saturated carbocycles. The summed E-state index contributed by atoms with van der Waals surface area (Å²) in [7, 11) is 0. The van der Waals surface area contributed by atoms with Gasteiger partial charge in [0.15, 0.2) is 0 Å². The van der Waals surface area contributed by atoms with Gasteiger partial charge in [-0.1, -0.05) is 0 Å². The minimum absolute atomic E-state index is 0.173. The van der Waals surface area contributed by atoms with Gasteiger partial charge in [0.25, 0.3) is 0 Å². The highest BCUT2D eigenvalue weighted by Crippen LogP contribution is 2.16. The fourth-order valence-corrected chi connectivity index (χ4v) is 1.89. The maximum absolute atomic E-state index is 8.84. The second kappa shape index (κ2) is 6.35. The van der Waals surface area contributed by atoms with Crippen LogP contribution in [0.2, 0.25) is 0 Å². The van der Waals surface area contributed by atoms with Crippen molar-refractivity contribution in [2.45, 2.75) is 26.1 Å². The number of β-amino-alcohol motifs (C(OH)–C–C–N with tert-alkyl or cyclic N) is 1. The van der Waals surface area contributed by atoms with Gasteiger partial charge in [-0.15, -0.1) is 0 Å². The van der Waals surface area contributed by atoms with Crippen molar-refractivity contribution in [1.82, 2.24) is 4.90 Å². The quantitative estimate of drug-likeness (QED) is 0.665. The van der Waals surface area contributed by atoms with Gasteiger partial charge in [-0.05, 0) is 13.8 Å². The molecule has 1 rings (SSSR count). The van der Waals surface area contributed by atoms with E-state index in [1.54, 1.807) is 0 Å². The predicted molar refractivity (Wildman–Crippen MR) is 54.4 cm³/mol. The van der Waals surface area contributed by atoms with Crippen LogP contribution < -0.4 is 0 Å². The molecule has 1 aliphatic heterocycles. The molecule has 4 nitrogen and oxygen atoms in total. The van der Waals surface area contributed by atoms with Crippen molar-refractivity contribution in [3.63, 3.8) is 0 Å². The molecule has 0 radical (unpaired) electrons. The Labute approximate surface area is 85.8 Å². The second-order valence-corrected chi connectivity index (χ2v) is 3.47. The van der Waals surface area contributed by atoms with Crippen LogP contribution in [-0.4, -0.2) is 61.7 Å². The summed E-state index contributed by atoms with van der Waals surface area (Å²) >= 11 is 0. The smallest absolute Gasteiger partial charge is 0.0975 e. The van der Waals surface area contributed by atoms with E-state index in [0.717, 1.165) is 26.3 Å². The number of likely N-dealkylation sites (tertiary alicyclic amines) is 1. The van der Waals surface area contributed by atoms with Crippen molar-refractivity contribution < 1.29 is 14.6 Å². The van der Waals surface area contributed by atoms with Gasteiger partial charge < -0.3 is 14.6 Å². The highest BCUT2D eigenvalue weighted by Gasteiger charge is 2.33. The topological polar surface area (TPSA) is 41.9 Å². The first-order chi connectivity index (χ1) is 6.81. The lowest BCUT2D eigenvalue weighted by molar-refractivity contribution is -0.0388. The third-order valence-corrected chi connectivity index (χ3v) is 2.47. The zero-order chi connectivity index (χ0) is 10.4. The largest absolute Gasteiger partial charge is 0.395 e. The van der Waals surface area contributed by atoms with Crippen molar-refractivity contribution in [2.24, 2.45) is 0 Å². The summed E-state index contributed by atoms with van der Waals surface area (Å²) in [6, 6.07) is 0. The summed E-state index contributed by atoms with van der Waals surface area (Å²) in [4.78, 5) is 2.18. The molecule has 0 bridgehead atoms. The lowest BCUT2D eigenvalue weighted by Gasteiger charge is -2.17. The van der Waals surface area contributed by atoms with Crippen LogP contribution in [0.1, 0.15) is 13.8 Å². The van der Waals surface area contributed by atoms with Gasteiger partial charge in [0, 0.05) is 32.8 Å². The standard InChI is InChI=1S/C10H21NO3/c1-3-13-9-7-11(5-6-12)8-10(9)14-4-2/h9-10,12H,3-8H2,1-2H3/t9-,10-/m0/s1. The monoisotopic (exact) mass is 203 g/mol. The van der Waals surface area contributed by atoms with Gasteiger partial charge >= 0.3 is 0 Å². The van der Waals surface area contributed by atoms with E-state index in [0.29, 0.717) is 6.54 Å². The third kappa shape index (κ3) is 3.20. The van der Waals surface area contributed by atoms with Crippen molar-refractivity contribution >= 4 is 0 Å². The highest BCUT2D eigenvalue weighted by molar-refractivity contribution is 4.85. The fraction of sp³-hybridized carbons (Fsp3) is 1.00. The van der Waals surface area contributed by atoms with Crippen LogP contribution in [0.5, 0.6) is 0 Å². The molecule has 1 saturated heterocycles. The molecule has 14 heavy (non-hydrogen) atoms. The van der Waals surface area contributed by atoms with Crippen LogP contribution in [-0.2, 0) is 9.47 Å². The Bertz CT molecular complexity index is 140. The number of hydrogen-bond acceptors (Lipinski definition) is 4. The van der Waals surface area contributed by atoms with E-state index >= 15 is 0 Å². The number of ether oxygens (including phenoxy) is 2. The Morgan fingerprint density at radius 3 is 2.00 bits per heavy atom. The van der Waals surface area contributed by atoms with E-state index < -0.39 is 0 Å². The average Bonchev–Trinajstić information content (AvgIpc) is 2.50. The fourth-order valence-electron chi connectivity index (χ4n) is 1.89.